The van der Waals surface area contributed by atoms with E-state index in [4.69, 9.17) is 0 Å². The molecular weight excluding hydrogens is 199 g/mol. The molecule has 1 aliphatic rings. The molecule has 0 aromatic heterocycles. The number of halogens is 1. The first-order chi connectivity index (χ1) is 6.95. The highest BCUT2D eigenvalue weighted by Crippen LogP contribution is 2.31. The average molecular weight is 208 g/mol. The van der Waals surface area contributed by atoms with E-state index in [9.17, 15) is 19.1 Å². The standard InChI is InChI=1S/C11H9FO3/c1-6(13)11(15)5-7-4-8(12)2-3-9(7)10(11)14/h2-4,15H,5H2,1H3/t11-/m1/s1. The van der Waals surface area contributed by atoms with Gasteiger partial charge in [0, 0.05) is 12.0 Å². The summed E-state index contributed by atoms with van der Waals surface area (Å²) in [6, 6.07) is 3.62. The van der Waals surface area contributed by atoms with Crippen LogP contribution in [-0.4, -0.2) is 22.3 Å². The van der Waals surface area contributed by atoms with E-state index in [2.05, 4.69) is 0 Å². The molecule has 1 aliphatic carbocycles. The molecule has 3 nitrogen and oxygen atoms in total. The molecule has 0 fully saturated rings. The Balaban J connectivity index is 2.55. The number of hydrogen-bond acceptors (Lipinski definition) is 3. The number of benzene rings is 1. The molecule has 1 atom stereocenters. The summed E-state index contributed by atoms with van der Waals surface area (Å²) in [5.74, 6) is -1.72. The molecule has 2 rings (SSSR count). The predicted octanol–water partition coefficient (Wildman–Crippen LogP) is 0.885. The lowest BCUT2D eigenvalue weighted by atomic mass is 9.95. The maximum Gasteiger partial charge on any atom is 0.202 e. The molecule has 0 spiro atoms. The van der Waals surface area contributed by atoms with Gasteiger partial charge in [0.15, 0.2) is 11.4 Å². The highest BCUT2D eigenvalue weighted by Gasteiger charge is 2.47. The number of carbonyl (C=O) groups is 2. The molecule has 0 bridgehead atoms. The van der Waals surface area contributed by atoms with Gasteiger partial charge >= 0.3 is 0 Å². The zero-order chi connectivity index (χ0) is 11.2. The van der Waals surface area contributed by atoms with Crippen LogP contribution in [0.15, 0.2) is 18.2 Å². The molecule has 78 valence electrons. The molecule has 0 aliphatic heterocycles. The van der Waals surface area contributed by atoms with Gasteiger partial charge in [-0.25, -0.2) is 4.39 Å². The molecule has 4 heteroatoms. The first-order valence-electron chi connectivity index (χ1n) is 4.52. The van der Waals surface area contributed by atoms with Crippen molar-refractivity contribution in [1.82, 2.24) is 0 Å². The van der Waals surface area contributed by atoms with Gasteiger partial charge in [-0.05, 0) is 30.7 Å². The number of carbonyl (C=O) groups excluding carboxylic acids is 2. The van der Waals surface area contributed by atoms with Crippen LogP contribution in [-0.2, 0) is 11.2 Å². The fraction of sp³-hybridized carbons (Fsp3) is 0.273. The SMILES string of the molecule is CC(=O)[C@]1(O)Cc2cc(F)ccc2C1=O. The zero-order valence-electron chi connectivity index (χ0n) is 8.08. The molecule has 0 unspecified atom stereocenters. The Kier molecular flexibility index (Phi) is 1.98. The van der Waals surface area contributed by atoms with Gasteiger partial charge in [-0.1, -0.05) is 0 Å². The second-order valence-corrected chi connectivity index (χ2v) is 3.72. The van der Waals surface area contributed by atoms with Gasteiger partial charge in [0.05, 0.1) is 0 Å². The van der Waals surface area contributed by atoms with Gasteiger partial charge in [0.2, 0.25) is 5.78 Å². The van der Waals surface area contributed by atoms with Gasteiger partial charge in [-0.15, -0.1) is 0 Å². The highest BCUT2D eigenvalue weighted by atomic mass is 19.1. The molecule has 1 aromatic rings. The number of rotatable bonds is 1. The number of aliphatic hydroxyl groups is 1. The summed E-state index contributed by atoms with van der Waals surface area (Å²) in [4.78, 5) is 22.8. The lowest BCUT2D eigenvalue weighted by molar-refractivity contribution is -0.130. The van der Waals surface area contributed by atoms with Crippen molar-refractivity contribution in [1.29, 1.82) is 0 Å². The summed E-state index contributed by atoms with van der Waals surface area (Å²) in [5.41, 5.74) is -1.37. The van der Waals surface area contributed by atoms with Crippen LogP contribution >= 0.6 is 0 Å². The maximum absolute atomic E-state index is 12.9. The number of ketones is 2. The third kappa shape index (κ3) is 1.29. The van der Waals surface area contributed by atoms with E-state index < -0.39 is 23.0 Å². The van der Waals surface area contributed by atoms with E-state index in [0.717, 1.165) is 13.0 Å². The molecule has 0 saturated heterocycles. The van der Waals surface area contributed by atoms with E-state index in [1.807, 2.05) is 0 Å². The van der Waals surface area contributed by atoms with E-state index >= 15 is 0 Å². The molecule has 0 radical (unpaired) electrons. The first kappa shape index (κ1) is 9.98. The van der Waals surface area contributed by atoms with E-state index in [1.54, 1.807) is 0 Å². The second kappa shape index (κ2) is 2.97. The van der Waals surface area contributed by atoms with Crippen molar-refractivity contribution in [2.45, 2.75) is 18.9 Å². The average Bonchev–Trinajstić information content (AvgIpc) is 2.40. The Labute approximate surface area is 85.5 Å². The third-order valence-corrected chi connectivity index (χ3v) is 2.72. The smallest absolute Gasteiger partial charge is 0.202 e. The lowest BCUT2D eigenvalue weighted by Crippen LogP contribution is -2.43. The molecule has 1 aromatic carbocycles. The summed E-state index contributed by atoms with van der Waals surface area (Å²) in [6.45, 7) is 1.15. The summed E-state index contributed by atoms with van der Waals surface area (Å²) in [6.07, 6.45) is -0.131. The molecule has 1 N–H and O–H groups in total. The summed E-state index contributed by atoms with van der Waals surface area (Å²) >= 11 is 0. The number of Topliss-reactive ketones (excluding diaryl/α,β-unsaturated/α-hetero) is 2. The van der Waals surface area contributed by atoms with Crippen molar-refractivity contribution in [3.63, 3.8) is 0 Å². The Morgan fingerprint density at radius 2 is 2.20 bits per heavy atom. The van der Waals surface area contributed by atoms with Crippen molar-refractivity contribution >= 4 is 11.6 Å². The fourth-order valence-electron chi connectivity index (χ4n) is 1.79. The van der Waals surface area contributed by atoms with Crippen LogP contribution < -0.4 is 0 Å². The monoisotopic (exact) mass is 208 g/mol. The first-order valence-corrected chi connectivity index (χ1v) is 4.52. The van der Waals surface area contributed by atoms with Gasteiger partial charge in [-0.2, -0.15) is 0 Å². The molecular formula is C11H9FO3. The van der Waals surface area contributed by atoms with Crippen molar-refractivity contribution in [3.8, 4) is 0 Å². The van der Waals surface area contributed by atoms with Crippen LogP contribution in [0, 0.1) is 5.82 Å². The zero-order valence-corrected chi connectivity index (χ0v) is 8.08. The maximum atomic E-state index is 12.9. The molecule has 0 saturated carbocycles. The van der Waals surface area contributed by atoms with E-state index in [1.165, 1.54) is 12.1 Å². The van der Waals surface area contributed by atoms with E-state index in [0.29, 0.717) is 5.56 Å². The summed E-state index contributed by atoms with van der Waals surface area (Å²) in [7, 11) is 0. The quantitative estimate of drug-likeness (QED) is 0.697. The largest absolute Gasteiger partial charge is 0.374 e. The van der Waals surface area contributed by atoms with Crippen LogP contribution in [0.1, 0.15) is 22.8 Å². The Hall–Kier alpha value is -1.55. The predicted molar refractivity (Wildman–Crippen MR) is 50.1 cm³/mol. The van der Waals surface area contributed by atoms with Gasteiger partial charge in [0.1, 0.15) is 5.82 Å². The minimum Gasteiger partial charge on any atom is -0.374 e. The van der Waals surface area contributed by atoms with Gasteiger partial charge in [-0.3, -0.25) is 9.59 Å². The van der Waals surface area contributed by atoms with Crippen molar-refractivity contribution in [2.24, 2.45) is 0 Å². The minimum absolute atomic E-state index is 0.131. The Morgan fingerprint density at radius 1 is 1.53 bits per heavy atom. The van der Waals surface area contributed by atoms with Gasteiger partial charge in [0.25, 0.3) is 0 Å². The number of hydrogen-bond donors (Lipinski definition) is 1. The summed E-state index contributed by atoms with van der Waals surface area (Å²) in [5, 5.41) is 9.83. The molecule has 0 heterocycles. The minimum atomic E-state index is -1.99. The van der Waals surface area contributed by atoms with Crippen LogP contribution in [0.4, 0.5) is 4.39 Å². The van der Waals surface area contributed by atoms with Crippen molar-refractivity contribution in [2.75, 3.05) is 0 Å². The van der Waals surface area contributed by atoms with Crippen LogP contribution in [0.2, 0.25) is 0 Å². The normalized spacial score (nSPS) is 24.1. The Bertz CT molecular complexity index is 467. The Morgan fingerprint density at radius 3 is 2.80 bits per heavy atom. The van der Waals surface area contributed by atoms with Crippen LogP contribution in [0.3, 0.4) is 0 Å². The second-order valence-electron chi connectivity index (χ2n) is 3.72. The highest BCUT2D eigenvalue weighted by molar-refractivity contribution is 6.19. The molecule has 0 amide bonds. The van der Waals surface area contributed by atoms with Crippen molar-refractivity contribution in [3.05, 3.63) is 35.1 Å². The van der Waals surface area contributed by atoms with E-state index in [-0.39, 0.29) is 12.0 Å². The lowest BCUT2D eigenvalue weighted by Gasteiger charge is -2.15. The van der Waals surface area contributed by atoms with Gasteiger partial charge < -0.3 is 5.11 Å². The molecule has 15 heavy (non-hydrogen) atoms. The fourth-order valence-corrected chi connectivity index (χ4v) is 1.79. The van der Waals surface area contributed by atoms with Crippen molar-refractivity contribution < 1.29 is 19.1 Å². The van der Waals surface area contributed by atoms with Crippen LogP contribution in [0.25, 0.3) is 0 Å². The topological polar surface area (TPSA) is 54.4 Å². The third-order valence-electron chi connectivity index (χ3n) is 2.72. The summed E-state index contributed by atoms with van der Waals surface area (Å²) < 4.78 is 12.9. The number of fused-ring (bicyclic) bond motifs is 1. The van der Waals surface area contributed by atoms with Crippen LogP contribution in [0.5, 0.6) is 0 Å².